The molecule has 2 aromatic rings. The Bertz CT molecular complexity index is 607. The van der Waals surface area contributed by atoms with E-state index in [-0.39, 0.29) is 5.91 Å². The molecule has 98 valence electrons. The van der Waals surface area contributed by atoms with Crippen molar-refractivity contribution >= 4 is 22.4 Å². The van der Waals surface area contributed by atoms with Crippen molar-refractivity contribution in [1.82, 2.24) is 10.2 Å². The second kappa shape index (κ2) is 4.97. The summed E-state index contributed by atoms with van der Waals surface area (Å²) in [5.41, 5.74) is 0.494. The summed E-state index contributed by atoms with van der Waals surface area (Å²) in [5.74, 6) is 0.872. The van der Waals surface area contributed by atoms with Crippen LogP contribution in [0.25, 0.3) is 0 Å². The maximum atomic E-state index is 12.1. The van der Waals surface area contributed by atoms with E-state index >= 15 is 0 Å². The number of rotatable bonds is 4. The average molecular weight is 275 g/mol. The lowest BCUT2D eigenvalue weighted by Crippen LogP contribution is -2.12. The summed E-state index contributed by atoms with van der Waals surface area (Å²) in [7, 11) is 1.54. The van der Waals surface area contributed by atoms with Gasteiger partial charge in [0, 0.05) is 5.92 Å². The quantitative estimate of drug-likeness (QED) is 0.931. The molecule has 1 N–H and O–H groups in total. The van der Waals surface area contributed by atoms with E-state index in [4.69, 9.17) is 4.74 Å². The second-order valence-electron chi connectivity index (χ2n) is 4.37. The number of methoxy groups -OCH3 is 1. The van der Waals surface area contributed by atoms with E-state index in [0.717, 1.165) is 5.01 Å². The zero-order valence-corrected chi connectivity index (χ0v) is 11.2. The summed E-state index contributed by atoms with van der Waals surface area (Å²) in [6.45, 7) is 0. The van der Waals surface area contributed by atoms with E-state index in [9.17, 15) is 4.79 Å². The summed E-state index contributed by atoms with van der Waals surface area (Å²) in [4.78, 5) is 12.1. The fourth-order valence-corrected chi connectivity index (χ4v) is 2.68. The Hall–Kier alpha value is -1.95. The minimum Gasteiger partial charge on any atom is -0.496 e. The first-order valence-electron chi connectivity index (χ1n) is 6.05. The molecule has 19 heavy (non-hydrogen) atoms. The third-order valence-corrected chi connectivity index (χ3v) is 3.94. The van der Waals surface area contributed by atoms with Gasteiger partial charge in [0.2, 0.25) is 5.13 Å². The highest BCUT2D eigenvalue weighted by Crippen LogP contribution is 2.42. The van der Waals surface area contributed by atoms with Crippen molar-refractivity contribution in [2.24, 2.45) is 0 Å². The van der Waals surface area contributed by atoms with Gasteiger partial charge in [-0.25, -0.2) is 0 Å². The van der Waals surface area contributed by atoms with Crippen LogP contribution in [0.5, 0.6) is 5.75 Å². The highest BCUT2D eigenvalue weighted by molar-refractivity contribution is 7.15. The predicted octanol–water partition coefficient (Wildman–Crippen LogP) is 2.68. The fourth-order valence-electron chi connectivity index (χ4n) is 1.78. The molecule has 0 atom stereocenters. The van der Waals surface area contributed by atoms with Crippen molar-refractivity contribution in [1.29, 1.82) is 0 Å². The van der Waals surface area contributed by atoms with E-state index < -0.39 is 0 Å². The van der Waals surface area contributed by atoms with Crippen molar-refractivity contribution in [3.05, 3.63) is 34.8 Å². The van der Waals surface area contributed by atoms with Crippen LogP contribution in [0.4, 0.5) is 5.13 Å². The predicted molar refractivity (Wildman–Crippen MR) is 72.8 cm³/mol. The lowest BCUT2D eigenvalue weighted by atomic mass is 10.2. The second-order valence-corrected chi connectivity index (χ2v) is 5.38. The zero-order valence-electron chi connectivity index (χ0n) is 10.4. The standard InChI is InChI=1S/C13H13N3O2S/c1-18-10-5-3-2-4-9(10)11(17)14-13-16-15-12(19-13)8-6-7-8/h2-5,8H,6-7H2,1H3,(H,14,16,17). The van der Waals surface area contributed by atoms with Gasteiger partial charge < -0.3 is 4.74 Å². The Kier molecular flexibility index (Phi) is 3.16. The van der Waals surface area contributed by atoms with Crippen molar-refractivity contribution in [2.75, 3.05) is 12.4 Å². The largest absolute Gasteiger partial charge is 0.496 e. The summed E-state index contributed by atoms with van der Waals surface area (Å²) in [6.07, 6.45) is 2.35. The van der Waals surface area contributed by atoms with E-state index in [2.05, 4.69) is 15.5 Å². The molecule has 1 saturated carbocycles. The SMILES string of the molecule is COc1ccccc1C(=O)Nc1nnc(C2CC2)s1. The van der Waals surface area contributed by atoms with E-state index in [1.165, 1.54) is 24.2 Å². The van der Waals surface area contributed by atoms with Crippen LogP contribution in [0.3, 0.4) is 0 Å². The molecular formula is C13H13N3O2S. The van der Waals surface area contributed by atoms with E-state index in [1.807, 2.05) is 6.07 Å². The topological polar surface area (TPSA) is 64.1 Å². The number of carbonyl (C=O) groups excluding carboxylic acids is 1. The van der Waals surface area contributed by atoms with Crippen LogP contribution >= 0.6 is 11.3 Å². The number of carbonyl (C=O) groups is 1. The Labute approximate surface area is 114 Å². The first-order chi connectivity index (χ1) is 9.28. The number of amides is 1. The molecule has 0 bridgehead atoms. The first kappa shape index (κ1) is 12.1. The molecule has 5 nitrogen and oxygen atoms in total. The Morgan fingerprint density at radius 3 is 2.89 bits per heavy atom. The number of para-hydroxylation sites is 1. The van der Waals surface area contributed by atoms with Crippen LogP contribution in [0.2, 0.25) is 0 Å². The molecule has 1 amide bonds. The molecule has 0 spiro atoms. The first-order valence-corrected chi connectivity index (χ1v) is 6.87. The number of benzene rings is 1. The van der Waals surface area contributed by atoms with Gasteiger partial charge >= 0.3 is 0 Å². The van der Waals surface area contributed by atoms with Gasteiger partial charge in [0.25, 0.3) is 5.91 Å². The average Bonchev–Trinajstić information content (AvgIpc) is 3.19. The minimum absolute atomic E-state index is 0.226. The Morgan fingerprint density at radius 2 is 2.16 bits per heavy atom. The number of aromatic nitrogens is 2. The monoisotopic (exact) mass is 275 g/mol. The van der Waals surface area contributed by atoms with Crippen molar-refractivity contribution in [3.8, 4) is 5.75 Å². The molecule has 3 rings (SSSR count). The van der Waals surface area contributed by atoms with Gasteiger partial charge in [0.05, 0.1) is 12.7 Å². The molecule has 1 heterocycles. The molecule has 1 aromatic heterocycles. The molecule has 6 heteroatoms. The fraction of sp³-hybridized carbons (Fsp3) is 0.308. The summed E-state index contributed by atoms with van der Waals surface area (Å²) < 4.78 is 5.16. The number of nitrogens with one attached hydrogen (secondary N) is 1. The Balaban J connectivity index is 1.76. The van der Waals surface area contributed by atoms with Crippen molar-refractivity contribution < 1.29 is 9.53 Å². The van der Waals surface area contributed by atoms with Crippen LogP contribution in [0.15, 0.2) is 24.3 Å². The zero-order chi connectivity index (χ0) is 13.2. The number of hydrogen-bond acceptors (Lipinski definition) is 5. The molecule has 0 radical (unpaired) electrons. The van der Waals surface area contributed by atoms with Gasteiger partial charge in [-0.15, -0.1) is 10.2 Å². The van der Waals surface area contributed by atoms with Gasteiger partial charge in [-0.1, -0.05) is 23.5 Å². The van der Waals surface area contributed by atoms with Crippen LogP contribution in [0.1, 0.15) is 34.1 Å². The molecule has 1 aliphatic carbocycles. The van der Waals surface area contributed by atoms with Crippen molar-refractivity contribution in [3.63, 3.8) is 0 Å². The van der Waals surface area contributed by atoms with Gasteiger partial charge in [0.1, 0.15) is 10.8 Å². The third kappa shape index (κ3) is 2.58. The molecule has 1 aliphatic rings. The number of anilines is 1. The summed E-state index contributed by atoms with van der Waals surface area (Å²) in [5, 5.41) is 12.4. The smallest absolute Gasteiger partial charge is 0.261 e. The molecule has 0 aliphatic heterocycles. The summed E-state index contributed by atoms with van der Waals surface area (Å²) >= 11 is 1.44. The lowest BCUT2D eigenvalue weighted by Gasteiger charge is -2.06. The van der Waals surface area contributed by atoms with Crippen LogP contribution in [-0.2, 0) is 0 Å². The molecule has 1 aromatic carbocycles. The van der Waals surface area contributed by atoms with Gasteiger partial charge in [-0.3, -0.25) is 10.1 Å². The van der Waals surface area contributed by atoms with Crippen LogP contribution in [-0.4, -0.2) is 23.2 Å². The maximum Gasteiger partial charge on any atom is 0.261 e. The van der Waals surface area contributed by atoms with Gasteiger partial charge in [-0.05, 0) is 25.0 Å². The highest BCUT2D eigenvalue weighted by atomic mass is 32.1. The highest BCUT2D eigenvalue weighted by Gasteiger charge is 2.27. The maximum absolute atomic E-state index is 12.1. The number of nitrogens with zero attached hydrogens (tertiary/aromatic N) is 2. The molecule has 0 unspecified atom stereocenters. The lowest BCUT2D eigenvalue weighted by molar-refractivity contribution is 0.102. The van der Waals surface area contributed by atoms with E-state index in [0.29, 0.717) is 22.4 Å². The van der Waals surface area contributed by atoms with Crippen molar-refractivity contribution in [2.45, 2.75) is 18.8 Å². The molecular weight excluding hydrogens is 262 g/mol. The molecule has 1 fully saturated rings. The Morgan fingerprint density at radius 1 is 1.37 bits per heavy atom. The van der Waals surface area contributed by atoms with Crippen LogP contribution < -0.4 is 10.1 Å². The molecule has 0 saturated heterocycles. The number of ether oxygens (including phenoxy) is 1. The third-order valence-electron chi connectivity index (χ3n) is 2.94. The van der Waals surface area contributed by atoms with Gasteiger partial charge in [-0.2, -0.15) is 0 Å². The normalized spacial score (nSPS) is 14.2. The van der Waals surface area contributed by atoms with Crippen LogP contribution in [0, 0.1) is 0 Å². The summed E-state index contributed by atoms with van der Waals surface area (Å²) in [6, 6.07) is 7.10. The van der Waals surface area contributed by atoms with E-state index in [1.54, 1.807) is 25.3 Å². The minimum atomic E-state index is -0.226. The number of hydrogen-bond donors (Lipinski definition) is 1. The van der Waals surface area contributed by atoms with Gasteiger partial charge in [0.15, 0.2) is 0 Å².